The van der Waals surface area contributed by atoms with Gasteiger partial charge in [0.25, 0.3) is 5.91 Å². The lowest BCUT2D eigenvalue weighted by Gasteiger charge is -2.05. The van der Waals surface area contributed by atoms with Crippen LogP contribution in [-0.4, -0.2) is 22.4 Å². The largest absolute Gasteiger partial charge is 0.444 e. The van der Waals surface area contributed by atoms with E-state index in [2.05, 4.69) is 27.5 Å². The van der Waals surface area contributed by atoms with Crippen LogP contribution < -0.4 is 10.6 Å². The van der Waals surface area contributed by atoms with E-state index in [1.165, 1.54) is 0 Å². The van der Waals surface area contributed by atoms with Crippen LogP contribution in [-0.2, 0) is 13.0 Å². The molecule has 0 aliphatic rings. The molecule has 2 N–H and O–H groups in total. The second-order valence-corrected chi connectivity index (χ2v) is 4.62. The molecule has 0 aliphatic carbocycles. The van der Waals surface area contributed by atoms with Gasteiger partial charge in [-0.1, -0.05) is 13.8 Å². The molecule has 0 saturated carbocycles. The number of aromatic nitrogens is 2. The van der Waals surface area contributed by atoms with Crippen molar-refractivity contribution in [3.05, 3.63) is 41.7 Å². The fraction of sp³-hybridized carbons (Fsp3) is 0.400. The zero-order valence-corrected chi connectivity index (χ0v) is 12.3. The maximum Gasteiger partial charge on any atom is 0.253 e. The van der Waals surface area contributed by atoms with Gasteiger partial charge in [-0.15, -0.1) is 0 Å². The van der Waals surface area contributed by atoms with E-state index in [9.17, 15) is 4.79 Å². The molecule has 6 heteroatoms. The molecule has 6 nitrogen and oxygen atoms in total. The molecule has 1 amide bonds. The topological polar surface area (TPSA) is 80.0 Å². The van der Waals surface area contributed by atoms with Crippen LogP contribution in [0.15, 0.2) is 28.9 Å². The normalized spacial score (nSPS) is 10.4. The van der Waals surface area contributed by atoms with Gasteiger partial charge in [0.1, 0.15) is 11.6 Å². The van der Waals surface area contributed by atoms with Crippen molar-refractivity contribution >= 4 is 11.7 Å². The SMILES string of the molecule is CCCNc1ccc(C(=O)NCc2ncc(CC)o2)cn1. The summed E-state index contributed by atoms with van der Waals surface area (Å²) in [6.45, 7) is 5.21. The van der Waals surface area contributed by atoms with E-state index in [0.29, 0.717) is 11.5 Å². The first-order valence-corrected chi connectivity index (χ1v) is 7.14. The summed E-state index contributed by atoms with van der Waals surface area (Å²) >= 11 is 0. The quantitative estimate of drug-likeness (QED) is 0.817. The second-order valence-electron chi connectivity index (χ2n) is 4.62. The smallest absolute Gasteiger partial charge is 0.253 e. The van der Waals surface area contributed by atoms with Crippen LogP contribution in [0.3, 0.4) is 0 Å². The molecular formula is C15H20N4O2. The third kappa shape index (κ3) is 4.30. The molecule has 2 heterocycles. The van der Waals surface area contributed by atoms with Crippen LogP contribution in [0.25, 0.3) is 0 Å². The van der Waals surface area contributed by atoms with E-state index in [-0.39, 0.29) is 12.5 Å². The number of nitrogens with one attached hydrogen (secondary N) is 2. The number of hydrogen-bond donors (Lipinski definition) is 2. The third-order valence-corrected chi connectivity index (χ3v) is 2.93. The second kappa shape index (κ2) is 7.42. The average Bonchev–Trinajstić information content (AvgIpc) is 2.99. The Kier molecular flexibility index (Phi) is 5.31. The first-order valence-electron chi connectivity index (χ1n) is 7.14. The van der Waals surface area contributed by atoms with Gasteiger partial charge < -0.3 is 15.1 Å². The number of hydrogen-bond acceptors (Lipinski definition) is 5. The Hall–Kier alpha value is -2.37. The summed E-state index contributed by atoms with van der Waals surface area (Å²) in [4.78, 5) is 20.3. The molecule has 21 heavy (non-hydrogen) atoms. The Morgan fingerprint density at radius 3 is 2.71 bits per heavy atom. The Balaban J connectivity index is 1.87. The average molecular weight is 288 g/mol. The van der Waals surface area contributed by atoms with Crippen molar-refractivity contribution in [3.8, 4) is 0 Å². The summed E-state index contributed by atoms with van der Waals surface area (Å²) in [5.41, 5.74) is 0.513. The maximum atomic E-state index is 12.0. The highest BCUT2D eigenvalue weighted by Gasteiger charge is 2.08. The van der Waals surface area contributed by atoms with E-state index < -0.39 is 0 Å². The molecule has 2 aromatic rings. The van der Waals surface area contributed by atoms with Gasteiger partial charge >= 0.3 is 0 Å². The lowest BCUT2D eigenvalue weighted by atomic mass is 10.2. The van der Waals surface area contributed by atoms with Gasteiger partial charge in [-0.3, -0.25) is 4.79 Å². The number of anilines is 1. The van der Waals surface area contributed by atoms with Crippen LogP contribution in [0.2, 0.25) is 0 Å². The van der Waals surface area contributed by atoms with Crippen molar-refractivity contribution in [1.82, 2.24) is 15.3 Å². The number of oxazole rings is 1. The molecule has 0 aliphatic heterocycles. The minimum absolute atomic E-state index is 0.194. The van der Waals surface area contributed by atoms with Crippen molar-refractivity contribution in [1.29, 1.82) is 0 Å². The van der Waals surface area contributed by atoms with Crippen LogP contribution in [0.1, 0.15) is 42.3 Å². The fourth-order valence-electron chi connectivity index (χ4n) is 1.74. The monoisotopic (exact) mass is 288 g/mol. The molecule has 0 radical (unpaired) electrons. The lowest BCUT2D eigenvalue weighted by Crippen LogP contribution is -2.23. The minimum Gasteiger partial charge on any atom is -0.444 e. The predicted octanol–water partition coefficient (Wildman–Crippen LogP) is 2.38. The van der Waals surface area contributed by atoms with E-state index >= 15 is 0 Å². The minimum atomic E-state index is -0.194. The summed E-state index contributed by atoms with van der Waals surface area (Å²) in [6.07, 6.45) is 5.05. The molecule has 0 bridgehead atoms. The standard InChI is InChI=1S/C15H20N4O2/c1-3-7-16-13-6-5-11(8-17-13)15(20)19-10-14-18-9-12(4-2)21-14/h5-6,8-9H,3-4,7,10H2,1-2H3,(H,16,17)(H,19,20). The van der Waals surface area contributed by atoms with Crippen LogP contribution in [0, 0.1) is 0 Å². The highest BCUT2D eigenvalue weighted by atomic mass is 16.4. The Morgan fingerprint density at radius 1 is 1.24 bits per heavy atom. The number of rotatable bonds is 7. The van der Waals surface area contributed by atoms with Crippen molar-refractivity contribution in [2.75, 3.05) is 11.9 Å². The van der Waals surface area contributed by atoms with Gasteiger partial charge in [-0.25, -0.2) is 9.97 Å². The lowest BCUT2D eigenvalue weighted by molar-refractivity contribution is 0.0946. The molecule has 0 unspecified atom stereocenters. The molecule has 2 rings (SSSR count). The molecule has 112 valence electrons. The van der Waals surface area contributed by atoms with Gasteiger partial charge in [-0.2, -0.15) is 0 Å². The Labute approximate surface area is 124 Å². The van der Waals surface area contributed by atoms with E-state index in [1.54, 1.807) is 24.5 Å². The van der Waals surface area contributed by atoms with Gasteiger partial charge in [0.15, 0.2) is 0 Å². The summed E-state index contributed by atoms with van der Waals surface area (Å²) < 4.78 is 5.43. The number of pyridine rings is 1. The van der Waals surface area contributed by atoms with Crippen LogP contribution >= 0.6 is 0 Å². The van der Waals surface area contributed by atoms with Gasteiger partial charge in [0, 0.05) is 19.2 Å². The van der Waals surface area contributed by atoms with Gasteiger partial charge in [-0.05, 0) is 18.6 Å². The van der Waals surface area contributed by atoms with Crippen molar-refractivity contribution in [2.45, 2.75) is 33.2 Å². The number of carbonyl (C=O) groups excluding carboxylic acids is 1. The van der Waals surface area contributed by atoms with E-state index in [1.807, 2.05) is 6.92 Å². The molecule has 0 atom stereocenters. The summed E-state index contributed by atoms with van der Waals surface area (Å²) in [5.74, 6) is 1.90. The molecule has 0 aromatic carbocycles. The highest BCUT2D eigenvalue weighted by Crippen LogP contribution is 2.07. The maximum absolute atomic E-state index is 12.0. The van der Waals surface area contributed by atoms with Crippen LogP contribution in [0.4, 0.5) is 5.82 Å². The fourth-order valence-corrected chi connectivity index (χ4v) is 1.74. The van der Waals surface area contributed by atoms with E-state index in [4.69, 9.17) is 4.42 Å². The zero-order chi connectivity index (χ0) is 15.1. The zero-order valence-electron chi connectivity index (χ0n) is 12.3. The molecule has 0 saturated heterocycles. The van der Waals surface area contributed by atoms with Crippen molar-refractivity contribution < 1.29 is 9.21 Å². The third-order valence-electron chi connectivity index (χ3n) is 2.93. The number of carbonyl (C=O) groups is 1. The molecule has 2 aromatic heterocycles. The summed E-state index contributed by atoms with van der Waals surface area (Å²) in [5, 5.41) is 5.92. The van der Waals surface area contributed by atoms with Crippen molar-refractivity contribution in [3.63, 3.8) is 0 Å². The molecular weight excluding hydrogens is 268 g/mol. The van der Waals surface area contributed by atoms with E-state index in [0.717, 1.165) is 31.0 Å². The highest BCUT2D eigenvalue weighted by molar-refractivity contribution is 5.93. The Bertz CT molecular complexity index is 578. The van der Waals surface area contributed by atoms with Crippen LogP contribution in [0.5, 0.6) is 0 Å². The number of aryl methyl sites for hydroxylation is 1. The van der Waals surface area contributed by atoms with Gasteiger partial charge in [0.05, 0.1) is 18.3 Å². The number of nitrogens with zero attached hydrogens (tertiary/aromatic N) is 2. The summed E-state index contributed by atoms with van der Waals surface area (Å²) in [6, 6.07) is 3.54. The molecule has 0 fully saturated rings. The first kappa shape index (κ1) is 15.0. The summed E-state index contributed by atoms with van der Waals surface area (Å²) in [7, 11) is 0. The van der Waals surface area contributed by atoms with Gasteiger partial charge in [0.2, 0.25) is 5.89 Å². The number of amides is 1. The first-order chi connectivity index (χ1) is 10.2. The Morgan fingerprint density at radius 2 is 2.10 bits per heavy atom. The van der Waals surface area contributed by atoms with Crippen molar-refractivity contribution in [2.24, 2.45) is 0 Å². The predicted molar refractivity (Wildman–Crippen MR) is 80.1 cm³/mol. The molecule has 0 spiro atoms.